The minimum atomic E-state index is -0.231. The molecule has 1 fully saturated rings. The minimum absolute atomic E-state index is 0.231. The predicted octanol–water partition coefficient (Wildman–Crippen LogP) is 1.66. The van der Waals surface area contributed by atoms with E-state index in [9.17, 15) is 4.79 Å². The van der Waals surface area contributed by atoms with Gasteiger partial charge in [-0.25, -0.2) is 14.8 Å². The van der Waals surface area contributed by atoms with Gasteiger partial charge in [0.15, 0.2) is 0 Å². The molecule has 0 bridgehead atoms. The standard InChI is InChI=1S/C13H20N4O2/c1-9-10(2)15-12(16-11(9)3)14-5-7-17-6-4-8-19-13(17)18/h4-8H2,1-3H3,(H,14,15,16). The van der Waals surface area contributed by atoms with Gasteiger partial charge in [0, 0.05) is 31.0 Å². The summed E-state index contributed by atoms with van der Waals surface area (Å²) in [4.78, 5) is 21.9. The number of aromatic nitrogens is 2. The van der Waals surface area contributed by atoms with Crippen LogP contribution in [0.2, 0.25) is 0 Å². The molecule has 1 aromatic heterocycles. The Kier molecular flexibility index (Phi) is 4.19. The van der Waals surface area contributed by atoms with Gasteiger partial charge in [-0.1, -0.05) is 0 Å². The first-order valence-electron chi connectivity index (χ1n) is 6.55. The van der Waals surface area contributed by atoms with Gasteiger partial charge in [-0.3, -0.25) is 0 Å². The van der Waals surface area contributed by atoms with Gasteiger partial charge in [-0.2, -0.15) is 0 Å². The van der Waals surface area contributed by atoms with Gasteiger partial charge >= 0.3 is 6.09 Å². The van der Waals surface area contributed by atoms with Gasteiger partial charge in [0.1, 0.15) is 0 Å². The number of rotatable bonds is 4. The Morgan fingerprint density at radius 3 is 2.58 bits per heavy atom. The zero-order chi connectivity index (χ0) is 13.8. The van der Waals surface area contributed by atoms with Crippen molar-refractivity contribution in [2.75, 3.05) is 31.6 Å². The molecule has 1 aliphatic heterocycles. The topological polar surface area (TPSA) is 67.3 Å². The number of anilines is 1. The number of amides is 1. The molecule has 1 aliphatic rings. The van der Waals surface area contributed by atoms with Gasteiger partial charge in [-0.15, -0.1) is 0 Å². The van der Waals surface area contributed by atoms with E-state index in [2.05, 4.69) is 15.3 Å². The second kappa shape index (κ2) is 5.86. The number of aryl methyl sites for hydroxylation is 2. The summed E-state index contributed by atoms with van der Waals surface area (Å²) in [6.07, 6.45) is 0.663. The first-order valence-corrected chi connectivity index (χ1v) is 6.55. The van der Waals surface area contributed by atoms with E-state index in [0.29, 0.717) is 25.6 Å². The first-order chi connectivity index (χ1) is 9.08. The van der Waals surface area contributed by atoms with E-state index < -0.39 is 0 Å². The Hall–Kier alpha value is -1.85. The van der Waals surface area contributed by atoms with Crippen molar-refractivity contribution < 1.29 is 9.53 Å². The van der Waals surface area contributed by atoms with Crippen LogP contribution in [-0.2, 0) is 4.74 Å². The number of nitrogens with one attached hydrogen (secondary N) is 1. The highest BCUT2D eigenvalue weighted by Crippen LogP contribution is 2.10. The number of hydrogen-bond donors (Lipinski definition) is 1. The molecule has 0 unspecified atom stereocenters. The average molecular weight is 264 g/mol. The molecule has 0 spiro atoms. The molecule has 1 saturated heterocycles. The molecule has 0 atom stereocenters. The van der Waals surface area contributed by atoms with Crippen LogP contribution in [-0.4, -0.2) is 47.2 Å². The smallest absolute Gasteiger partial charge is 0.409 e. The highest BCUT2D eigenvalue weighted by molar-refractivity contribution is 5.68. The SMILES string of the molecule is Cc1nc(NCCN2CCCOC2=O)nc(C)c1C. The molecule has 2 rings (SSSR count). The van der Waals surface area contributed by atoms with Crippen molar-refractivity contribution >= 4 is 12.0 Å². The van der Waals surface area contributed by atoms with Gasteiger partial charge in [0.2, 0.25) is 5.95 Å². The van der Waals surface area contributed by atoms with Gasteiger partial charge in [-0.05, 0) is 32.8 Å². The third kappa shape index (κ3) is 3.33. The maximum Gasteiger partial charge on any atom is 0.409 e. The lowest BCUT2D eigenvalue weighted by Crippen LogP contribution is -2.40. The molecule has 2 heterocycles. The van der Waals surface area contributed by atoms with Crippen molar-refractivity contribution in [3.63, 3.8) is 0 Å². The summed E-state index contributed by atoms with van der Waals surface area (Å²) in [5.74, 6) is 0.617. The summed E-state index contributed by atoms with van der Waals surface area (Å²) < 4.78 is 4.98. The molecule has 19 heavy (non-hydrogen) atoms. The second-order valence-electron chi connectivity index (χ2n) is 4.72. The van der Waals surface area contributed by atoms with E-state index in [-0.39, 0.29) is 6.09 Å². The highest BCUT2D eigenvalue weighted by Gasteiger charge is 2.18. The summed E-state index contributed by atoms with van der Waals surface area (Å²) in [6.45, 7) is 8.47. The molecule has 104 valence electrons. The van der Waals surface area contributed by atoms with E-state index in [4.69, 9.17) is 4.74 Å². The number of ether oxygens (including phenoxy) is 1. The summed E-state index contributed by atoms with van der Waals surface area (Å²) in [7, 11) is 0. The molecule has 0 aliphatic carbocycles. The highest BCUT2D eigenvalue weighted by atomic mass is 16.6. The maximum atomic E-state index is 11.4. The molecule has 6 heteroatoms. The molecule has 0 aromatic carbocycles. The maximum absolute atomic E-state index is 11.4. The lowest BCUT2D eigenvalue weighted by atomic mass is 10.2. The Morgan fingerprint density at radius 1 is 1.26 bits per heavy atom. The number of carbonyl (C=O) groups excluding carboxylic acids is 1. The molecule has 1 N–H and O–H groups in total. The third-order valence-electron chi connectivity index (χ3n) is 3.35. The Labute approximate surface area is 113 Å². The van der Waals surface area contributed by atoms with Gasteiger partial charge < -0.3 is 15.0 Å². The van der Waals surface area contributed by atoms with Crippen molar-refractivity contribution in [3.8, 4) is 0 Å². The lowest BCUT2D eigenvalue weighted by molar-refractivity contribution is 0.0746. The fraction of sp³-hybridized carbons (Fsp3) is 0.615. The van der Waals surface area contributed by atoms with Crippen molar-refractivity contribution in [1.29, 1.82) is 0 Å². The van der Waals surface area contributed by atoms with E-state index in [1.54, 1.807) is 4.90 Å². The minimum Gasteiger partial charge on any atom is -0.449 e. The Morgan fingerprint density at radius 2 is 1.95 bits per heavy atom. The second-order valence-corrected chi connectivity index (χ2v) is 4.72. The van der Waals surface area contributed by atoms with Crippen LogP contribution in [0.25, 0.3) is 0 Å². The quantitative estimate of drug-likeness (QED) is 0.895. The zero-order valence-corrected chi connectivity index (χ0v) is 11.7. The summed E-state index contributed by atoms with van der Waals surface area (Å²) in [5, 5.41) is 3.15. The van der Waals surface area contributed by atoms with Crippen LogP contribution in [0.1, 0.15) is 23.4 Å². The molecule has 0 saturated carbocycles. The lowest BCUT2D eigenvalue weighted by Gasteiger charge is -2.26. The van der Waals surface area contributed by atoms with Crippen molar-refractivity contribution in [2.24, 2.45) is 0 Å². The number of cyclic esters (lactones) is 1. The van der Waals surface area contributed by atoms with Crippen LogP contribution in [0.15, 0.2) is 0 Å². The predicted molar refractivity (Wildman–Crippen MR) is 72.3 cm³/mol. The summed E-state index contributed by atoms with van der Waals surface area (Å²) in [6, 6.07) is 0. The Balaban J connectivity index is 1.87. The average Bonchev–Trinajstić information content (AvgIpc) is 2.38. The molecule has 6 nitrogen and oxygen atoms in total. The first kappa shape index (κ1) is 13.6. The largest absolute Gasteiger partial charge is 0.449 e. The van der Waals surface area contributed by atoms with E-state index >= 15 is 0 Å². The van der Waals surface area contributed by atoms with Gasteiger partial charge in [0.05, 0.1) is 6.61 Å². The van der Waals surface area contributed by atoms with Crippen LogP contribution in [0, 0.1) is 20.8 Å². The number of carbonyl (C=O) groups is 1. The van der Waals surface area contributed by atoms with Gasteiger partial charge in [0.25, 0.3) is 0 Å². The van der Waals surface area contributed by atoms with Crippen LogP contribution >= 0.6 is 0 Å². The third-order valence-corrected chi connectivity index (χ3v) is 3.35. The fourth-order valence-electron chi connectivity index (χ4n) is 1.95. The zero-order valence-electron chi connectivity index (χ0n) is 11.7. The molecular formula is C13H20N4O2. The van der Waals surface area contributed by atoms with Crippen LogP contribution in [0.4, 0.5) is 10.7 Å². The van der Waals surface area contributed by atoms with Crippen molar-refractivity contribution in [2.45, 2.75) is 27.2 Å². The normalized spacial score (nSPS) is 15.3. The van der Waals surface area contributed by atoms with Crippen LogP contribution < -0.4 is 5.32 Å². The van der Waals surface area contributed by atoms with Crippen LogP contribution in [0.5, 0.6) is 0 Å². The number of hydrogen-bond acceptors (Lipinski definition) is 5. The Bertz CT molecular complexity index is 453. The molecule has 1 amide bonds. The van der Waals surface area contributed by atoms with E-state index in [1.807, 2.05) is 20.8 Å². The van der Waals surface area contributed by atoms with Crippen LogP contribution in [0.3, 0.4) is 0 Å². The fourth-order valence-corrected chi connectivity index (χ4v) is 1.95. The van der Waals surface area contributed by atoms with Crippen molar-refractivity contribution in [3.05, 3.63) is 17.0 Å². The monoisotopic (exact) mass is 264 g/mol. The van der Waals surface area contributed by atoms with E-state index in [0.717, 1.165) is 29.9 Å². The summed E-state index contributed by atoms with van der Waals surface area (Å²) in [5.41, 5.74) is 3.07. The number of nitrogens with zero attached hydrogens (tertiary/aromatic N) is 3. The molecule has 0 radical (unpaired) electrons. The van der Waals surface area contributed by atoms with E-state index in [1.165, 1.54) is 0 Å². The molecular weight excluding hydrogens is 244 g/mol. The van der Waals surface area contributed by atoms with Crippen molar-refractivity contribution in [1.82, 2.24) is 14.9 Å². The molecule has 1 aromatic rings. The summed E-state index contributed by atoms with van der Waals surface area (Å²) >= 11 is 0.